The van der Waals surface area contributed by atoms with Crippen molar-refractivity contribution in [3.8, 4) is 11.8 Å². The molecule has 0 aromatic carbocycles. The number of anilines is 1. The van der Waals surface area contributed by atoms with Gasteiger partial charge in [-0.15, -0.1) is 0 Å². The van der Waals surface area contributed by atoms with Crippen molar-refractivity contribution < 1.29 is 9.53 Å². The minimum atomic E-state index is -0.270. The number of hydrogen-bond donors (Lipinski definition) is 2. The predicted molar refractivity (Wildman–Crippen MR) is 93.1 cm³/mol. The van der Waals surface area contributed by atoms with Crippen molar-refractivity contribution >= 4 is 22.5 Å². The Morgan fingerprint density at radius 2 is 2.25 bits per heavy atom. The van der Waals surface area contributed by atoms with Gasteiger partial charge in [-0.25, -0.2) is 9.78 Å². The van der Waals surface area contributed by atoms with E-state index in [1.54, 1.807) is 12.4 Å². The van der Waals surface area contributed by atoms with Crippen molar-refractivity contribution in [1.29, 1.82) is 0 Å². The van der Waals surface area contributed by atoms with Crippen LogP contribution >= 0.6 is 11.3 Å². The fraction of sp³-hybridized carbons (Fsp3) is 0.353. The number of urea groups is 1. The molecular formula is C17H18N4O2S. The van der Waals surface area contributed by atoms with Crippen LogP contribution in [0, 0.1) is 18.8 Å². The Bertz CT molecular complexity index is 758. The molecule has 2 N–H and O–H groups in total. The molecule has 0 saturated carbocycles. The zero-order valence-electron chi connectivity index (χ0n) is 13.3. The van der Waals surface area contributed by atoms with Crippen LogP contribution in [0.2, 0.25) is 0 Å². The van der Waals surface area contributed by atoms with Crippen molar-refractivity contribution in [1.82, 2.24) is 15.3 Å². The largest absolute Gasteiger partial charge is 0.376 e. The third-order valence-corrected chi connectivity index (χ3v) is 4.52. The summed E-state index contributed by atoms with van der Waals surface area (Å²) in [6.07, 6.45) is 5.57. The number of pyridine rings is 1. The lowest BCUT2D eigenvalue weighted by molar-refractivity contribution is 0.112. The van der Waals surface area contributed by atoms with Crippen LogP contribution in [-0.4, -0.2) is 35.3 Å². The molecule has 6 nitrogen and oxygen atoms in total. The number of carbonyl (C=O) groups excluding carboxylic acids is 1. The molecule has 0 spiro atoms. The Balaban J connectivity index is 1.57. The first-order chi connectivity index (χ1) is 11.7. The summed E-state index contributed by atoms with van der Waals surface area (Å²) in [7, 11) is 0. The lowest BCUT2D eigenvalue weighted by Crippen LogP contribution is -2.34. The second-order valence-electron chi connectivity index (χ2n) is 5.39. The van der Waals surface area contributed by atoms with Crippen molar-refractivity contribution in [3.05, 3.63) is 40.7 Å². The lowest BCUT2D eigenvalue weighted by atomic mass is 10.2. The zero-order chi connectivity index (χ0) is 16.8. The molecule has 0 aliphatic carbocycles. The van der Waals surface area contributed by atoms with Gasteiger partial charge in [0.15, 0.2) is 5.13 Å². The quantitative estimate of drug-likeness (QED) is 0.841. The van der Waals surface area contributed by atoms with Crippen LogP contribution in [0.5, 0.6) is 0 Å². The molecule has 7 heteroatoms. The van der Waals surface area contributed by atoms with Crippen LogP contribution < -0.4 is 10.6 Å². The van der Waals surface area contributed by atoms with E-state index in [0.29, 0.717) is 11.7 Å². The average molecular weight is 342 g/mol. The molecule has 1 saturated heterocycles. The minimum Gasteiger partial charge on any atom is -0.376 e. The van der Waals surface area contributed by atoms with Gasteiger partial charge >= 0.3 is 6.03 Å². The second kappa shape index (κ2) is 7.90. The van der Waals surface area contributed by atoms with E-state index in [4.69, 9.17) is 4.74 Å². The van der Waals surface area contributed by atoms with Gasteiger partial charge in [0.2, 0.25) is 0 Å². The smallest absolute Gasteiger partial charge is 0.321 e. The minimum absolute atomic E-state index is 0.121. The molecule has 2 aromatic rings. The number of thiazole rings is 1. The highest BCUT2D eigenvalue weighted by Crippen LogP contribution is 2.21. The molecule has 1 atom stereocenters. The number of amides is 2. The molecule has 124 valence electrons. The Hall–Kier alpha value is -2.43. The van der Waals surface area contributed by atoms with E-state index in [1.807, 2.05) is 19.1 Å². The number of nitrogens with one attached hydrogen (secondary N) is 2. The van der Waals surface area contributed by atoms with Crippen molar-refractivity contribution in [2.24, 2.45) is 0 Å². The Morgan fingerprint density at radius 3 is 3.00 bits per heavy atom. The summed E-state index contributed by atoms with van der Waals surface area (Å²) in [5.41, 5.74) is 1.69. The first-order valence-electron chi connectivity index (χ1n) is 7.76. The summed E-state index contributed by atoms with van der Waals surface area (Å²) in [5, 5.41) is 6.10. The Labute approximate surface area is 144 Å². The summed E-state index contributed by atoms with van der Waals surface area (Å²) < 4.78 is 5.47. The molecule has 0 radical (unpaired) electrons. The van der Waals surface area contributed by atoms with Gasteiger partial charge in [-0.1, -0.05) is 17.3 Å². The molecule has 0 bridgehead atoms. The summed E-state index contributed by atoms with van der Waals surface area (Å²) in [6.45, 7) is 3.17. The van der Waals surface area contributed by atoms with Gasteiger partial charge in [0.1, 0.15) is 4.88 Å². The molecule has 1 aliphatic rings. The average Bonchev–Trinajstić information content (AvgIpc) is 3.22. The number of aromatic nitrogens is 2. The third-order valence-electron chi connectivity index (χ3n) is 3.53. The summed E-state index contributed by atoms with van der Waals surface area (Å²) in [4.78, 5) is 21.1. The summed E-state index contributed by atoms with van der Waals surface area (Å²) in [6, 6.07) is 3.43. The molecular weight excluding hydrogens is 324 g/mol. The first kappa shape index (κ1) is 16.4. The van der Waals surface area contributed by atoms with E-state index in [0.717, 1.165) is 35.6 Å². The van der Waals surface area contributed by atoms with E-state index in [9.17, 15) is 4.79 Å². The highest BCUT2D eigenvalue weighted by Gasteiger charge is 2.16. The van der Waals surface area contributed by atoms with Gasteiger partial charge in [-0.2, -0.15) is 0 Å². The normalized spacial score (nSPS) is 16.3. The molecule has 3 rings (SSSR count). The first-order valence-corrected chi connectivity index (χ1v) is 8.58. The molecule has 1 fully saturated rings. The Kier molecular flexibility index (Phi) is 5.41. The number of rotatable bonds is 3. The third kappa shape index (κ3) is 4.54. The molecule has 2 amide bonds. The Morgan fingerprint density at radius 1 is 1.42 bits per heavy atom. The van der Waals surface area contributed by atoms with Gasteiger partial charge < -0.3 is 10.1 Å². The van der Waals surface area contributed by atoms with Crippen molar-refractivity contribution in [2.45, 2.75) is 25.9 Å². The number of aryl methyl sites for hydroxylation is 1. The zero-order valence-corrected chi connectivity index (χ0v) is 14.2. The van der Waals surface area contributed by atoms with Crippen LogP contribution in [0.1, 0.15) is 29.0 Å². The van der Waals surface area contributed by atoms with Crippen LogP contribution in [0.3, 0.4) is 0 Å². The maximum atomic E-state index is 11.9. The van der Waals surface area contributed by atoms with Crippen LogP contribution in [0.15, 0.2) is 24.5 Å². The fourth-order valence-electron chi connectivity index (χ4n) is 2.28. The second-order valence-corrected chi connectivity index (χ2v) is 6.39. The topological polar surface area (TPSA) is 76.1 Å². The number of nitrogens with zero attached hydrogens (tertiary/aromatic N) is 2. The molecule has 3 heterocycles. The summed E-state index contributed by atoms with van der Waals surface area (Å²) >= 11 is 1.36. The van der Waals surface area contributed by atoms with E-state index in [-0.39, 0.29) is 12.1 Å². The highest BCUT2D eigenvalue weighted by molar-refractivity contribution is 7.16. The highest BCUT2D eigenvalue weighted by atomic mass is 32.1. The monoisotopic (exact) mass is 342 g/mol. The van der Waals surface area contributed by atoms with Crippen LogP contribution in [0.4, 0.5) is 9.93 Å². The number of ether oxygens (including phenoxy) is 1. The van der Waals surface area contributed by atoms with Gasteiger partial charge in [0.05, 0.1) is 11.8 Å². The van der Waals surface area contributed by atoms with Gasteiger partial charge in [-0.05, 0) is 37.8 Å². The van der Waals surface area contributed by atoms with Crippen LogP contribution in [-0.2, 0) is 4.74 Å². The van der Waals surface area contributed by atoms with Gasteiger partial charge in [0.25, 0.3) is 0 Å². The number of hydrogen-bond acceptors (Lipinski definition) is 5. The SMILES string of the molecule is Cc1nc(NC(=O)NCC2CCCO2)sc1C#Cc1ccncc1. The summed E-state index contributed by atoms with van der Waals surface area (Å²) in [5.74, 6) is 6.15. The van der Waals surface area contributed by atoms with E-state index < -0.39 is 0 Å². The van der Waals surface area contributed by atoms with Gasteiger partial charge in [0, 0.05) is 31.1 Å². The van der Waals surface area contributed by atoms with Gasteiger partial charge in [-0.3, -0.25) is 10.3 Å². The molecule has 1 unspecified atom stereocenters. The van der Waals surface area contributed by atoms with E-state index in [1.165, 1.54) is 11.3 Å². The molecule has 2 aromatic heterocycles. The molecule has 1 aliphatic heterocycles. The maximum absolute atomic E-state index is 11.9. The predicted octanol–water partition coefficient (Wildman–Crippen LogP) is 2.55. The van der Waals surface area contributed by atoms with Crippen molar-refractivity contribution in [2.75, 3.05) is 18.5 Å². The van der Waals surface area contributed by atoms with E-state index in [2.05, 4.69) is 32.4 Å². The standard InChI is InChI=1S/C17H18N4O2S/c1-12-15(5-4-13-6-8-18-9-7-13)24-17(20-12)21-16(22)19-11-14-3-2-10-23-14/h6-9,14H,2-3,10-11H2,1H3,(H2,19,20,21,22). The fourth-order valence-corrected chi connectivity index (χ4v) is 3.10. The molecule has 24 heavy (non-hydrogen) atoms. The van der Waals surface area contributed by atoms with E-state index >= 15 is 0 Å². The lowest BCUT2D eigenvalue weighted by Gasteiger charge is -2.10. The number of carbonyl (C=O) groups is 1. The van der Waals surface area contributed by atoms with Crippen LogP contribution in [0.25, 0.3) is 0 Å². The maximum Gasteiger partial charge on any atom is 0.321 e. The van der Waals surface area contributed by atoms with Crippen molar-refractivity contribution in [3.63, 3.8) is 0 Å².